The zero-order chi connectivity index (χ0) is 12.5. The Hall–Kier alpha value is -0.160. The molecule has 2 aliphatic rings. The van der Waals surface area contributed by atoms with Crippen molar-refractivity contribution >= 4 is 0 Å². The van der Waals surface area contributed by atoms with Gasteiger partial charge in [0.1, 0.15) is 0 Å². The highest BCUT2D eigenvalue weighted by Crippen LogP contribution is 2.29. The third-order valence-corrected chi connectivity index (χ3v) is 4.74. The van der Waals surface area contributed by atoms with E-state index in [1.54, 1.807) is 7.11 Å². The maximum absolute atomic E-state index is 5.99. The Bertz CT molecular complexity index is 249. The molecule has 2 atom stereocenters. The molecule has 2 unspecified atom stereocenters. The molecule has 0 amide bonds. The van der Waals surface area contributed by atoms with Crippen molar-refractivity contribution in [3.8, 4) is 0 Å². The molecule has 1 aliphatic heterocycles. The number of hydrogen-bond donors (Lipinski definition) is 1. The molecule has 0 spiro atoms. The van der Waals surface area contributed by atoms with Crippen LogP contribution in [0.1, 0.15) is 26.7 Å². The van der Waals surface area contributed by atoms with Crippen LogP contribution in [0.25, 0.3) is 0 Å². The van der Waals surface area contributed by atoms with Crippen LogP contribution in [0, 0.1) is 0 Å². The Morgan fingerprint density at radius 3 is 2.29 bits per heavy atom. The molecular weight excluding hydrogens is 214 g/mol. The maximum Gasteiger partial charge on any atom is 0.0736 e. The molecule has 1 saturated heterocycles. The Kier molecular flexibility index (Phi) is 4.08. The summed E-state index contributed by atoms with van der Waals surface area (Å²) < 4.78 is 5.51. The molecule has 1 heterocycles. The van der Waals surface area contributed by atoms with Gasteiger partial charge in [-0.1, -0.05) is 0 Å². The fourth-order valence-corrected chi connectivity index (χ4v) is 2.84. The number of nitrogens with two attached hydrogens (primary N) is 1. The average molecular weight is 241 g/mol. The van der Waals surface area contributed by atoms with E-state index < -0.39 is 0 Å². The summed E-state index contributed by atoms with van der Waals surface area (Å²) in [4.78, 5) is 5.14. The van der Waals surface area contributed by atoms with Crippen LogP contribution in [0.2, 0.25) is 0 Å². The molecule has 100 valence electrons. The molecule has 2 rings (SSSR count). The molecule has 4 nitrogen and oxygen atoms in total. The first kappa shape index (κ1) is 13.3. The Balaban J connectivity index is 1.92. The molecule has 4 heteroatoms. The number of hydrogen-bond acceptors (Lipinski definition) is 4. The van der Waals surface area contributed by atoms with Crippen molar-refractivity contribution in [2.24, 2.45) is 5.73 Å². The van der Waals surface area contributed by atoms with Crippen LogP contribution < -0.4 is 5.73 Å². The minimum absolute atomic E-state index is 0.0234. The smallest absolute Gasteiger partial charge is 0.0736 e. The second-order valence-corrected chi connectivity index (χ2v) is 5.69. The summed E-state index contributed by atoms with van der Waals surface area (Å²) >= 11 is 0. The van der Waals surface area contributed by atoms with Crippen molar-refractivity contribution in [3.05, 3.63) is 0 Å². The van der Waals surface area contributed by atoms with Gasteiger partial charge >= 0.3 is 0 Å². The van der Waals surface area contributed by atoms with E-state index in [1.807, 2.05) is 0 Å². The van der Waals surface area contributed by atoms with E-state index in [1.165, 1.54) is 25.9 Å². The van der Waals surface area contributed by atoms with Crippen LogP contribution in [-0.4, -0.2) is 67.3 Å². The van der Waals surface area contributed by atoms with E-state index in [4.69, 9.17) is 10.5 Å². The summed E-state index contributed by atoms with van der Waals surface area (Å²) in [5.41, 5.74) is 5.96. The van der Waals surface area contributed by atoms with Crippen molar-refractivity contribution < 1.29 is 4.74 Å². The van der Waals surface area contributed by atoms with Gasteiger partial charge in [0.15, 0.2) is 0 Å². The standard InChI is InChI=1S/C13H27N3O/c1-11(17-3)13(2,10-14)16-8-6-15(7-9-16)12-4-5-12/h11-12H,4-10,14H2,1-3H3. The normalized spacial score (nSPS) is 28.9. The van der Waals surface area contributed by atoms with E-state index in [2.05, 4.69) is 23.6 Å². The number of piperazine rings is 1. The van der Waals surface area contributed by atoms with Crippen molar-refractivity contribution in [3.63, 3.8) is 0 Å². The third-order valence-electron chi connectivity index (χ3n) is 4.74. The minimum Gasteiger partial charge on any atom is -0.380 e. The summed E-state index contributed by atoms with van der Waals surface area (Å²) in [5, 5.41) is 0. The lowest BCUT2D eigenvalue weighted by Gasteiger charge is -2.48. The molecule has 2 N–H and O–H groups in total. The number of rotatable bonds is 5. The first-order valence-corrected chi connectivity index (χ1v) is 6.83. The predicted octanol–water partition coefficient (Wildman–Crippen LogP) is 0.519. The molecule has 0 bridgehead atoms. The second-order valence-electron chi connectivity index (χ2n) is 5.69. The van der Waals surface area contributed by atoms with Crippen molar-refractivity contribution in [2.75, 3.05) is 39.8 Å². The summed E-state index contributed by atoms with van der Waals surface area (Å²) in [6.07, 6.45) is 2.99. The fourth-order valence-electron chi connectivity index (χ4n) is 2.84. The highest BCUT2D eigenvalue weighted by atomic mass is 16.5. The Morgan fingerprint density at radius 1 is 1.29 bits per heavy atom. The summed E-state index contributed by atoms with van der Waals surface area (Å²) in [5.74, 6) is 0. The molecule has 1 saturated carbocycles. The summed E-state index contributed by atoms with van der Waals surface area (Å²) in [6.45, 7) is 9.64. The van der Waals surface area contributed by atoms with Crippen molar-refractivity contribution in [2.45, 2.75) is 44.4 Å². The van der Waals surface area contributed by atoms with Crippen LogP contribution in [0.3, 0.4) is 0 Å². The Labute approximate surface area is 105 Å². The fraction of sp³-hybridized carbons (Fsp3) is 1.00. The van der Waals surface area contributed by atoms with Crippen LogP contribution in [0.15, 0.2) is 0 Å². The third kappa shape index (κ3) is 2.65. The monoisotopic (exact) mass is 241 g/mol. The van der Waals surface area contributed by atoms with E-state index in [0.717, 1.165) is 19.1 Å². The summed E-state index contributed by atoms with van der Waals surface area (Å²) in [6, 6.07) is 0.890. The molecule has 0 aromatic rings. The molecule has 0 aromatic carbocycles. The molecular formula is C13H27N3O. The van der Waals surface area contributed by atoms with Crippen LogP contribution in [0.5, 0.6) is 0 Å². The van der Waals surface area contributed by atoms with Gasteiger partial charge in [-0.05, 0) is 26.7 Å². The van der Waals surface area contributed by atoms with Crippen LogP contribution in [-0.2, 0) is 4.74 Å². The van der Waals surface area contributed by atoms with E-state index in [0.29, 0.717) is 6.54 Å². The topological polar surface area (TPSA) is 41.7 Å². The average Bonchev–Trinajstić information content (AvgIpc) is 3.21. The van der Waals surface area contributed by atoms with Gasteiger partial charge in [0.05, 0.1) is 11.6 Å². The number of methoxy groups -OCH3 is 1. The zero-order valence-corrected chi connectivity index (χ0v) is 11.5. The Morgan fingerprint density at radius 2 is 1.88 bits per heavy atom. The van der Waals surface area contributed by atoms with Crippen molar-refractivity contribution in [1.82, 2.24) is 9.80 Å². The largest absolute Gasteiger partial charge is 0.380 e. The lowest BCUT2D eigenvalue weighted by atomic mass is 9.92. The lowest BCUT2D eigenvalue weighted by molar-refractivity contribution is -0.0502. The van der Waals surface area contributed by atoms with Gasteiger partial charge < -0.3 is 10.5 Å². The highest BCUT2D eigenvalue weighted by Gasteiger charge is 2.40. The first-order valence-electron chi connectivity index (χ1n) is 6.83. The quantitative estimate of drug-likeness (QED) is 0.762. The van der Waals surface area contributed by atoms with Gasteiger partial charge in [0.25, 0.3) is 0 Å². The van der Waals surface area contributed by atoms with Gasteiger partial charge in [0.2, 0.25) is 0 Å². The predicted molar refractivity (Wildman–Crippen MR) is 70.1 cm³/mol. The maximum atomic E-state index is 5.99. The zero-order valence-electron chi connectivity index (χ0n) is 11.5. The molecule has 0 radical (unpaired) electrons. The molecule has 0 aromatic heterocycles. The van der Waals surface area contributed by atoms with Crippen molar-refractivity contribution in [1.29, 1.82) is 0 Å². The van der Waals surface area contributed by atoms with E-state index >= 15 is 0 Å². The van der Waals surface area contributed by atoms with Gasteiger partial charge in [0, 0.05) is 45.9 Å². The van der Waals surface area contributed by atoms with Gasteiger partial charge in [-0.15, -0.1) is 0 Å². The van der Waals surface area contributed by atoms with Gasteiger partial charge in [-0.25, -0.2) is 0 Å². The SMILES string of the molecule is COC(C)C(C)(CN)N1CCN(C2CC2)CC1. The highest BCUT2D eigenvalue weighted by molar-refractivity contribution is 4.97. The molecule has 1 aliphatic carbocycles. The van der Waals surface area contributed by atoms with Gasteiger partial charge in [-0.3, -0.25) is 9.80 Å². The molecule has 17 heavy (non-hydrogen) atoms. The second kappa shape index (κ2) is 5.22. The first-order chi connectivity index (χ1) is 8.11. The van der Waals surface area contributed by atoms with Gasteiger partial charge in [-0.2, -0.15) is 0 Å². The summed E-state index contributed by atoms with van der Waals surface area (Å²) in [7, 11) is 1.78. The van der Waals surface area contributed by atoms with E-state index in [9.17, 15) is 0 Å². The number of nitrogens with zero attached hydrogens (tertiary/aromatic N) is 2. The lowest BCUT2D eigenvalue weighted by Crippen LogP contribution is -2.63. The van der Waals surface area contributed by atoms with Crippen LogP contribution >= 0.6 is 0 Å². The van der Waals surface area contributed by atoms with E-state index in [-0.39, 0.29) is 11.6 Å². The number of ether oxygens (including phenoxy) is 1. The molecule has 2 fully saturated rings. The minimum atomic E-state index is -0.0234. The van der Waals surface area contributed by atoms with Crippen LogP contribution in [0.4, 0.5) is 0 Å².